The van der Waals surface area contributed by atoms with Gasteiger partial charge in [0, 0.05) is 18.5 Å². The standard InChI is InChI=1S/C11H14ClNO2/c12-10-2-1-5-13(6-3-10)11(14)9-4-7-15-8-9/h4,7-8,10H,1-3,5-6H2. The minimum atomic E-state index is 0.0505. The van der Waals surface area contributed by atoms with E-state index < -0.39 is 0 Å². The average Bonchev–Trinajstić information content (AvgIpc) is 2.67. The Kier molecular flexibility index (Phi) is 3.31. The van der Waals surface area contributed by atoms with Gasteiger partial charge in [-0.3, -0.25) is 4.79 Å². The van der Waals surface area contributed by atoms with Crippen LogP contribution < -0.4 is 0 Å². The molecule has 82 valence electrons. The summed E-state index contributed by atoms with van der Waals surface area (Å²) in [5.74, 6) is 0.0505. The molecule has 2 heterocycles. The number of furan rings is 1. The van der Waals surface area contributed by atoms with Crippen LogP contribution in [-0.2, 0) is 0 Å². The van der Waals surface area contributed by atoms with Gasteiger partial charge in [-0.1, -0.05) is 0 Å². The molecule has 1 fully saturated rings. The summed E-state index contributed by atoms with van der Waals surface area (Å²) in [6, 6.07) is 1.70. The number of hydrogen-bond donors (Lipinski definition) is 0. The van der Waals surface area contributed by atoms with Crippen molar-refractivity contribution in [3.8, 4) is 0 Å². The maximum Gasteiger partial charge on any atom is 0.257 e. The fraction of sp³-hybridized carbons (Fsp3) is 0.545. The third kappa shape index (κ3) is 2.53. The predicted molar refractivity (Wildman–Crippen MR) is 58.1 cm³/mol. The number of nitrogens with zero attached hydrogens (tertiary/aromatic N) is 1. The Hall–Kier alpha value is -0.960. The van der Waals surface area contributed by atoms with E-state index >= 15 is 0 Å². The molecule has 0 N–H and O–H groups in total. The van der Waals surface area contributed by atoms with Crippen molar-refractivity contribution in [2.75, 3.05) is 13.1 Å². The van der Waals surface area contributed by atoms with E-state index in [0.717, 1.165) is 32.4 Å². The number of carbonyl (C=O) groups is 1. The molecule has 0 saturated carbocycles. The lowest BCUT2D eigenvalue weighted by atomic mass is 10.2. The van der Waals surface area contributed by atoms with E-state index in [1.165, 1.54) is 12.5 Å². The van der Waals surface area contributed by atoms with E-state index in [1.807, 2.05) is 4.90 Å². The summed E-state index contributed by atoms with van der Waals surface area (Å²) in [6.07, 6.45) is 5.88. The Bertz CT molecular complexity index is 323. The van der Waals surface area contributed by atoms with E-state index in [1.54, 1.807) is 6.07 Å². The van der Waals surface area contributed by atoms with Crippen LogP contribution in [0.1, 0.15) is 29.6 Å². The van der Waals surface area contributed by atoms with Crippen LogP contribution in [-0.4, -0.2) is 29.3 Å². The summed E-state index contributed by atoms with van der Waals surface area (Å²) in [4.78, 5) is 13.8. The summed E-state index contributed by atoms with van der Waals surface area (Å²) in [5, 5.41) is 0.215. The molecule has 2 rings (SSSR count). The van der Waals surface area contributed by atoms with Gasteiger partial charge in [-0.05, 0) is 25.3 Å². The lowest BCUT2D eigenvalue weighted by Gasteiger charge is -2.19. The van der Waals surface area contributed by atoms with E-state index in [0.29, 0.717) is 5.56 Å². The van der Waals surface area contributed by atoms with Crippen molar-refractivity contribution in [2.45, 2.75) is 24.6 Å². The zero-order valence-electron chi connectivity index (χ0n) is 8.49. The topological polar surface area (TPSA) is 33.5 Å². The van der Waals surface area contributed by atoms with E-state index in [2.05, 4.69) is 0 Å². The smallest absolute Gasteiger partial charge is 0.257 e. The summed E-state index contributed by atoms with van der Waals surface area (Å²) >= 11 is 6.06. The molecule has 0 bridgehead atoms. The molecular weight excluding hydrogens is 214 g/mol. The van der Waals surface area contributed by atoms with Gasteiger partial charge in [0.2, 0.25) is 0 Å². The first-order chi connectivity index (χ1) is 7.27. The largest absolute Gasteiger partial charge is 0.472 e. The highest BCUT2D eigenvalue weighted by atomic mass is 35.5. The quantitative estimate of drug-likeness (QED) is 0.691. The van der Waals surface area contributed by atoms with Crippen LogP contribution in [0.5, 0.6) is 0 Å². The second-order valence-corrected chi connectivity index (χ2v) is 4.45. The van der Waals surface area contributed by atoms with Crippen LogP contribution in [0.25, 0.3) is 0 Å². The van der Waals surface area contributed by atoms with Crippen LogP contribution in [0, 0.1) is 0 Å². The first-order valence-electron chi connectivity index (χ1n) is 5.23. The molecule has 15 heavy (non-hydrogen) atoms. The number of alkyl halides is 1. The normalized spacial score (nSPS) is 22.5. The molecule has 0 radical (unpaired) electrons. The van der Waals surface area contributed by atoms with E-state index in [9.17, 15) is 4.79 Å². The van der Waals surface area contributed by atoms with Crippen LogP contribution >= 0.6 is 11.6 Å². The van der Waals surface area contributed by atoms with Crippen LogP contribution in [0.15, 0.2) is 23.0 Å². The zero-order chi connectivity index (χ0) is 10.7. The minimum Gasteiger partial charge on any atom is -0.472 e. The molecule has 1 aliphatic heterocycles. The Morgan fingerprint density at radius 2 is 2.33 bits per heavy atom. The minimum absolute atomic E-state index is 0.0505. The lowest BCUT2D eigenvalue weighted by molar-refractivity contribution is 0.0761. The van der Waals surface area contributed by atoms with Crippen molar-refractivity contribution >= 4 is 17.5 Å². The molecule has 1 aromatic rings. The van der Waals surface area contributed by atoms with Crippen molar-refractivity contribution in [2.24, 2.45) is 0 Å². The molecule has 1 saturated heterocycles. The molecular formula is C11H14ClNO2. The molecule has 0 aliphatic carbocycles. The first kappa shape index (κ1) is 10.6. The molecule has 1 aliphatic rings. The Balaban J connectivity index is 2.01. The monoisotopic (exact) mass is 227 g/mol. The molecule has 1 aromatic heterocycles. The lowest BCUT2D eigenvalue weighted by Crippen LogP contribution is -2.31. The third-order valence-corrected chi connectivity index (χ3v) is 3.15. The second kappa shape index (κ2) is 4.71. The van der Waals surface area contributed by atoms with Gasteiger partial charge in [0.05, 0.1) is 11.8 Å². The second-order valence-electron chi connectivity index (χ2n) is 3.83. The van der Waals surface area contributed by atoms with Crippen molar-refractivity contribution in [1.29, 1.82) is 0 Å². The number of likely N-dealkylation sites (tertiary alicyclic amines) is 1. The predicted octanol–water partition coefficient (Wildman–Crippen LogP) is 2.51. The molecule has 0 spiro atoms. The molecule has 1 unspecified atom stereocenters. The van der Waals surface area contributed by atoms with Gasteiger partial charge in [-0.2, -0.15) is 0 Å². The Morgan fingerprint density at radius 1 is 1.47 bits per heavy atom. The van der Waals surface area contributed by atoms with Gasteiger partial charge in [0.15, 0.2) is 0 Å². The maximum atomic E-state index is 11.9. The third-order valence-electron chi connectivity index (χ3n) is 2.71. The van der Waals surface area contributed by atoms with Crippen molar-refractivity contribution in [3.63, 3.8) is 0 Å². The van der Waals surface area contributed by atoms with Gasteiger partial charge in [0.1, 0.15) is 6.26 Å². The fourth-order valence-electron chi connectivity index (χ4n) is 1.83. The number of hydrogen-bond acceptors (Lipinski definition) is 2. The fourth-order valence-corrected chi connectivity index (χ4v) is 2.08. The number of carbonyl (C=O) groups excluding carboxylic acids is 1. The van der Waals surface area contributed by atoms with Crippen LogP contribution in [0.2, 0.25) is 0 Å². The van der Waals surface area contributed by atoms with Crippen molar-refractivity contribution in [3.05, 3.63) is 24.2 Å². The highest BCUT2D eigenvalue weighted by Gasteiger charge is 2.20. The van der Waals surface area contributed by atoms with Crippen LogP contribution in [0.4, 0.5) is 0 Å². The zero-order valence-corrected chi connectivity index (χ0v) is 9.24. The number of halogens is 1. The molecule has 3 nitrogen and oxygen atoms in total. The highest BCUT2D eigenvalue weighted by molar-refractivity contribution is 6.20. The molecule has 4 heteroatoms. The van der Waals surface area contributed by atoms with Crippen LogP contribution in [0.3, 0.4) is 0 Å². The van der Waals surface area contributed by atoms with Gasteiger partial charge in [-0.25, -0.2) is 0 Å². The van der Waals surface area contributed by atoms with Gasteiger partial charge in [0.25, 0.3) is 5.91 Å². The van der Waals surface area contributed by atoms with E-state index in [4.69, 9.17) is 16.0 Å². The Labute approximate surface area is 94.0 Å². The summed E-state index contributed by atoms with van der Waals surface area (Å²) in [6.45, 7) is 1.55. The van der Waals surface area contributed by atoms with Gasteiger partial charge < -0.3 is 9.32 Å². The highest BCUT2D eigenvalue weighted by Crippen LogP contribution is 2.17. The number of rotatable bonds is 1. The Morgan fingerprint density at radius 3 is 3.07 bits per heavy atom. The summed E-state index contributed by atoms with van der Waals surface area (Å²) in [5.41, 5.74) is 0.628. The summed E-state index contributed by atoms with van der Waals surface area (Å²) in [7, 11) is 0. The maximum absolute atomic E-state index is 11.9. The van der Waals surface area contributed by atoms with Gasteiger partial charge in [-0.15, -0.1) is 11.6 Å². The number of amides is 1. The summed E-state index contributed by atoms with van der Waals surface area (Å²) < 4.78 is 4.91. The molecule has 1 amide bonds. The molecule has 1 atom stereocenters. The SMILES string of the molecule is O=C(c1ccoc1)N1CCCC(Cl)CC1. The van der Waals surface area contributed by atoms with Crippen molar-refractivity contribution < 1.29 is 9.21 Å². The van der Waals surface area contributed by atoms with Crippen molar-refractivity contribution in [1.82, 2.24) is 4.90 Å². The average molecular weight is 228 g/mol. The van der Waals surface area contributed by atoms with E-state index in [-0.39, 0.29) is 11.3 Å². The first-order valence-corrected chi connectivity index (χ1v) is 5.66. The van der Waals surface area contributed by atoms with Gasteiger partial charge >= 0.3 is 0 Å². The molecule has 0 aromatic carbocycles.